The van der Waals surface area contributed by atoms with Gasteiger partial charge in [0.05, 0.1) is 24.3 Å². The van der Waals surface area contributed by atoms with Crippen molar-refractivity contribution in [1.29, 1.82) is 0 Å². The molecular formula is C30H50N2O7. The van der Waals surface area contributed by atoms with Gasteiger partial charge in [-0.1, -0.05) is 83.3 Å². The van der Waals surface area contributed by atoms with Crippen LogP contribution in [0.3, 0.4) is 0 Å². The Hall–Kier alpha value is -2.33. The Morgan fingerprint density at radius 3 is 1.97 bits per heavy atom. The number of carbonyl (C=O) groups is 3. The Labute approximate surface area is 234 Å². The number of rotatable bonds is 21. The van der Waals surface area contributed by atoms with E-state index in [1.807, 2.05) is 0 Å². The SMILES string of the molecule is CCCCCCCCCCCC(C)N(C)CCO.O=C(O)CCCCCOON1C(=O)c2ccccc2C1=O. The van der Waals surface area contributed by atoms with E-state index in [2.05, 4.69) is 25.8 Å². The molecule has 39 heavy (non-hydrogen) atoms. The molecule has 0 saturated carbocycles. The van der Waals surface area contributed by atoms with E-state index in [0.29, 0.717) is 30.4 Å². The maximum absolute atomic E-state index is 11.9. The lowest BCUT2D eigenvalue weighted by Gasteiger charge is -2.23. The Kier molecular flexibility index (Phi) is 19.1. The molecule has 1 atom stereocenters. The number of hydrogen-bond donors (Lipinski definition) is 2. The van der Waals surface area contributed by atoms with Crippen molar-refractivity contribution in [2.45, 2.75) is 110 Å². The van der Waals surface area contributed by atoms with Gasteiger partial charge in [0.1, 0.15) is 0 Å². The fraction of sp³-hybridized carbons (Fsp3) is 0.700. The molecule has 2 rings (SSSR count). The number of nitrogens with zero attached hydrogens (tertiary/aromatic N) is 2. The molecular weight excluding hydrogens is 500 g/mol. The van der Waals surface area contributed by atoms with Gasteiger partial charge in [-0.15, -0.1) is 10.1 Å². The van der Waals surface area contributed by atoms with Gasteiger partial charge in [0.25, 0.3) is 11.8 Å². The van der Waals surface area contributed by atoms with Gasteiger partial charge in [0, 0.05) is 19.0 Å². The molecule has 1 aromatic carbocycles. The maximum atomic E-state index is 11.9. The molecule has 0 radical (unpaired) electrons. The van der Waals surface area contributed by atoms with E-state index in [0.717, 1.165) is 6.54 Å². The highest BCUT2D eigenvalue weighted by atomic mass is 17.3. The lowest BCUT2D eigenvalue weighted by atomic mass is 10.0. The molecule has 1 heterocycles. The number of aliphatic carboxylic acids is 1. The van der Waals surface area contributed by atoms with Crippen molar-refractivity contribution in [3.63, 3.8) is 0 Å². The summed E-state index contributed by atoms with van der Waals surface area (Å²) in [5.41, 5.74) is 0.570. The van der Waals surface area contributed by atoms with Crippen LogP contribution in [-0.2, 0) is 14.7 Å². The van der Waals surface area contributed by atoms with Crippen molar-refractivity contribution in [3.8, 4) is 0 Å². The summed E-state index contributed by atoms with van der Waals surface area (Å²) in [7, 11) is 2.11. The van der Waals surface area contributed by atoms with Gasteiger partial charge >= 0.3 is 5.97 Å². The van der Waals surface area contributed by atoms with Crippen LogP contribution in [0.25, 0.3) is 0 Å². The minimum atomic E-state index is -0.835. The molecule has 1 unspecified atom stereocenters. The van der Waals surface area contributed by atoms with Crippen molar-refractivity contribution in [3.05, 3.63) is 35.4 Å². The summed E-state index contributed by atoms with van der Waals surface area (Å²) >= 11 is 0. The molecule has 0 aromatic heterocycles. The largest absolute Gasteiger partial charge is 0.481 e. The van der Waals surface area contributed by atoms with Crippen LogP contribution in [0.4, 0.5) is 0 Å². The first-order valence-electron chi connectivity index (χ1n) is 14.6. The predicted molar refractivity (Wildman–Crippen MR) is 151 cm³/mol. The topological polar surface area (TPSA) is 117 Å². The third-order valence-electron chi connectivity index (χ3n) is 6.93. The summed E-state index contributed by atoms with van der Waals surface area (Å²) in [5.74, 6) is -1.94. The smallest absolute Gasteiger partial charge is 0.303 e. The zero-order chi connectivity index (χ0) is 28.9. The second-order valence-electron chi connectivity index (χ2n) is 10.2. The average molecular weight is 551 g/mol. The van der Waals surface area contributed by atoms with Gasteiger partial charge < -0.3 is 15.1 Å². The number of benzene rings is 1. The highest BCUT2D eigenvalue weighted by Crippen LogP contribution is 2.22. The summed E-state index contributed by atoms with van der Waals surface area (Å²) in [6.07, 6.45) is 15.8. The maximum Gasteiger partial charge on any atom is 0.303 e. The zero-order valence-electron chi connectivity index (χ0n) is 24.2. The quantitative estimate of drug-likeness (QED) is 0.0827. The van der Waals surface area contributed by atoms with Crippen LogP contribution in [0.2, 0.25) is 0 Å². The first-order chi connectivity index (χ1) is 18.8. The van der Waals surface area contributed by atoms with Gasteiger partial charge in [0.15, 0.2) is 0 Å². The summed E-state index contributed by atoms with van der Waals surface area (Å²) < 4.78 is 0. The molecule has 1 aromatic rings. The van der Waals surface area contributed by atoms with E-state index in [9.17, 15) is 14.4 Å². The lowest BCUT2D eigenvalue weighted by molar-refractivity contribution is -0.385. The van der Waals surface area contributed by atoms with Crippen LogP contribution in [0.1, 0.15) is 124 Å². The molecule has 1 aliphatic heterocycles. The van der Waals surface area contributed by atoms with Crippen molar-refractivity contribution < 1.29 is 34.5 Å². The van der Waals surface area contributed by atoms with Crippen molar-refractivity contribution in [2.75, 3.05) is 26.8 Å². The number of amides is 2. The summed E-state index contributed by atoms with van der Waals surface area (Å²) in [6, 6.07) is 7.03. The van der Waals surface area contributed by atoms with E-state index in [4.69, 9.17) is 20.1 Å². The molecule has 0 fully saturated rings. The number of unbranched alkanes of at least 4 members (excludes halogenated alkanes) is 10. The highest BCUT2D eigenvalue weighted by Gasteiger charge is 2.37. The number of carboxylic acids is 1. The van der Waals surface area contributed by atoms with E-state index in [-0.39, 0.29) is 30.8 Å². The second kappa shape index (κ2) is 21.5. The number of hydroxylamine groups is 2. The number of carbonyl (C=O) groups excluding carboxylic acids is 2. The molecule has 222 valence electrons. The first-order valence-corrected chi connectivity index (χ1v) is 14.6. The predicted octanol–water partition coefficient (Wildman–Crippen LogP) is 6.01. The number of likely N-dealkylation sites (N-methyl/N-ethyl adjacent to an activating group) is 1. The number of aliphatic hydroxyl groups is 1. The lowest BCUT2D eigenvalue weighted by Crippen LogP contribution is -2.31. The molecule has 2 amide bonds. The molecule has 0 bridgehead atoms. The van der Waals surface area contributed by atoms with E-state index >= 15 is 0 Å². The van der Waals surface area contributed by atoms with E-state index in [1.54, 1.807) is 24.3 Å². The summed E-state index contributed by atoms with van der Waals surface area (Å²) in [6.45, 7) is 5.79. The Balaban J connectivity index is 0.000000396. The average Bonchev–Trinajstić information content (AvgIpc) is 3.16. The van der Waals surface area contributed by atoms with E-state index < -0.39 is 17.8 Å². The van der Waals surface area contributed by atoms with Crippen LogP contribution in [-0.4, -0.2) is 70.8 Å². The highest BCUT2D eigenvalue weighted by molar-refractivity contribution is 6.20. The summed E-state index contributed by atoms with van der Waals surface area (Å²) in [5, 5.41) is 17.9. The molecule has 0 spiro atoms. The Morgan fingerprint density at radius 1 is 0.897 bits per heavy atom. The normalized spacial score (nSPS) is 13.4. The monoisotopic (exact) mass is 550 g/mol. The number of aliphatic hydroxyl groups excluding tert-OH is 1. The van der Waals surface area contributed by atoms with Crippen LogP contribution in [0.15, 0.2) is 24.3 Å². The van der Waals surface area contributed by atoms with E-state index in [1.165, 1.54) is 64.2 Å². The van der Waals surface area contributed by atoms with Gasteiger partial charge in [0.2, 0.25) is 0 Å². The van der Waals surface area contributed by atoms with Gasteiger partial charge in [-0.3, -0.25) is 14.4 Å². The van der Waals surface area contributed by atoms with Crippen LogP contribution < -0.4 is 0 Å². The van der Waals surface area contributed by atoms with Gasteiger partial charge in [-0.2, -0.15) is 0 Å². The Bertz CT molecular complexity index is 798. The first kappa shape index (κ1) is 34.7. The van der Waals surface area contributed by atoms with Crippen molar-refractivity contribution in [2.24, 2.45) is 0 Å². The molecule has 0 aliphatic carbocycles. The van der Waals surface area contributed by atoms with Crippen LogP contribution in [0, 0.1) is 0 Å². The fourth-order valence-electron chi connectivity index (χ4n) is 4.29. The van der Waals surface area contributed by atoms with Crippen molar-refractivity contribution >= 4 is 17.8 Å². The standard InChI is InChI=1S/C16H35NO.C14H15NO6/c1-4-5-6-7-8-9-10-11-12-13-16(2)17(3)14-15-18;16-12(17)8-2-1-5-9-20-21-15-13(18)10-6-3-4-7-11(10)14(15)19/h16,18H,4-15H2,1-3H3;3-4,6-7H,1-2,5,8-9H2,(H,16,17). The number of carboxylic acid groups (broad SMARTS) is 1. The van der Waals surface area contributed by atoms with Crippen LogP contribution >= 0.6 is 0 Å². The summed E-state index contributed by atoms with van der Waals surface area (Å²) in [4.78, 5) is 45.9. The molecule has 2 N–H and O–H groups in total. The van der Waals surface area contributed by atoms with Gasteiger partial charge in [-0.25, -0.2) is 4.89 Å². The zero-order valence-corrected chi connectivity index (χ0v) is 24.2. The van der Waals surface area contributed by atoms with Crippen LogP contribution in [0.5, 0.6) is 0 Å². The third kappa shape index (κ3) is 14.6. The fourth-order valence-corrected chi connectivity index (χ4v) is 4.29. The number of fused-ring (bicyclic) bond motifs is 1. The third-order valence-corrected chi connectivity index (χ3v) is 6.93. The van der Waals surface area contributed by atoms with Crippen molar-refractivity contribution in [1.82, 2.24) is 9.96 Å². The van der Waals surface area contributed by atoms with Gasteiger partial charge in [-0.05, 0) is 45.4 Å². The molecule has 1 aliphatic rings. The number of hydrogen-bond acceptors (Lipinski definition) is 7. The molecule has 0 saturated heterocycles. The molecule has 9 heteroatoms. The molecule has 9 nitrogen and oxygen atoms in total. The minimum Gasteiger partial charge on any atom is -0.481 e. The number of imide groups is 1. The second-order valence-corrected chi connectivity index (χ2v) is 10.2. The minimum absolute atomic E-state index is 0.110. The Morgan fingerprint density at radius 2 is 1.44 bits per heavy atom.